The lowest BCUT2D eigenvalue weighted by Crippen LogP contribution is -2.46. The van der Waals surface area contributed by atoms with Crippen LogP contribution < -0.4 is 5.32 Å². The summed E-state index contributed by atoms with van der Waals surface area (Å²) in [7, 11) is 1.36. The van der Waals surface area contributed by atoms with Gasteiger partial charge in [-0.1, -0.05) is 33.1 Å². The van der Waals surface area contributed by atoms with Crippen LogP contribution in [0.4, 0.5) is 13.2 Å². The topological polar surface area (TPSA) is 55.4 Å². The molecular weight excluding hydrogens is 355 g/mol. The molecule has 1 rings (SSSR count). The Morgan fingerprint density at radius 3 is 2.28 bits per heavy atom. The molecule has 0 unspecified atom stereocenters. The second kappa shape index (κ2) is 9.14. The van der Waals surface area contributed by atoms with E-state index in [1.54, 1.807) is 11.8 Å². The van der Waals surface area contributed by atoms with Crippen molar-refractivity contribution in [3.63, 3.8) is 0 Å². The maximum Gasteiger partial charge on any atom is 0.471 e. The molecule has 0 radical (unpaired) electrons. The van der Waals surface area contributed by atoms with Crippen LogP contribution in [-0.4, -0.2) is 42.2 Å². The number of nitrogens with one attached hydrogen (secondary N) is 1. The second-order valence-electron chi connectivity index (χ2n) is 7.12. The minimum absolute atomic E-state index is 0.00927. The molecule has 1 aliphatic carbocycles. The lowest BCUT2D eigenvalue weighted by molar-refractivity contribution is -0.173. The summed E-state index contributed by atoms with van der Waals surface area (Å²) in [6.45, 7) is 4.08. The Balaban J connectivity index is 2.68. The van der Waals surface area contributed by atoms with E-state index in [0.717, 1.165) is 32.1 Å². The summed E-state index contributed by atoms with van der Waals surface area (Å²) in [5.74, 6) is -1.52. The zero-order valence-corrected chi connectivity index (χ0v) is 15.9. The number of ether oxygens (including phenoxy) is 1. The molecule has 1 aliphatic rings. The number of methoxy groups -OCH3 is 1. The first-order chi connectivity index (χ1) is 11.5. The van der Waals surface area contributed by atoms with E-state index in [9.17, 15) is 22.8 Å². The van der Waals surface area contributed by atoms with Crippen LogP contribution in [0, 0.1) is 5.41 Å². The van der Waals surface area contributed by atoms with Gasteiger partial charge in [-0.2, -0.15) is 24.9 Å². The molecule has 1 saturated carbocycles. The van der Waals surface area contributed by atoms with Gasteiger partial charge in [0.1, 0.15) is 0 Å². The van der Waals surface area contributed by atoms with Crippen molar-refractivity contribution in [2.24, 2.45) is 5.41 Å². The molecule has 0 spiro atoms. The summed E-state index contributed by atoms with van der Waals surface area (Å²) in [5, 5.41) is 1.97. The Labute approximate surface area is 151 Å². The normalized spacial score (nSPS) is 17.8. The summed E-state index contributed by atoms with van der Waals surface area (Å²) in [4.78, 5) is 22.4. The number of hydrogen-bond donors (Lipinski definition) is 1. The quantitative estimate of drug-likeness (QED) is 0.642. The van der Waals surface area contributed by atoms with Crippen molar-refractivity contribution in [3.05, 3.63) is 0 Å². The highest BCUT2D eigenvalue weighted by molar-refractivity contribution is 8.00. The number of alkyl halides is 3. The van der Waals surface area contributed by atoms with E-state index >= 15 is 0 Å². The molecule has 0 atom stereocenters. The van der Waals surface area contributed by atoms with Crippen LogP contribution in [0.15, 0.2) is 0 Å². The first-order valence-electron chi connectivity index (χ1n) is 8.60. The zero-order valence-electron chi connectivity index (χ0n) is 15.1. The number of hydrogen-bond acceptors (Lipinski definition) is 4. The summed E-state index contributed by atoms with van der Waals surface area (Å²) in [6, 6.07) is 0. The molecule has 0 aromatic carbocycles. The molecule has 1 fully saturated rings. The van der Waals surface area contributed by atoms with Gasteiger partial charge >= 0.3 is 18.1 Å². The fourth-order valence-electron chi connectivity index (χ4n) is 3.39. The highest BCUT2D eigenvalue weighted by atomic mass is 32.2. The smallest absolute Gasteiger partial charge is 0.469 e. The molecule has 8 heteroatoms. The molecule has 1 amide bonds. The first-order valence-corrected chi connectivity index (χ1v) is 9.58. The fraction of sp³-hybridized carbons (Fsp3) is 0.882. The third kappa shape index (κ3) is 6.38. The van der Waals surface area contributed by atoms with Crippen LogP contribution >= 0.6 is 11.8 Å². The summed E-state index contributed by atoms with van der Waals surface area (Å²) in [5.41, 5.74) is -0.257. The van der Waals surface area contributed by atoms with Crippen molar-refractivity contribution >= 4 is 23.6 Å². The van der Waals surface area contributed by atoms with E-state index in [4.69, 9.17) is 0 Å². The molecule has 0 bridgehead atoms. The van der Waals surface area contributed by atoms with Crippen molar-refractivity contribution in [2.75, 3.05) is 19.4 Å². The molecule has 0 heterocycles. The maximum atomic E-state index is 12.3. The Kier molecular flexibility index (Phi) is 8.09. The van der Waals surface area contributed by atoms with Gasteiger partial charge < -0.3 is 10.1 Å². The van der Waals surface area contributed by atoms with Gasteiger partial charge in [-0.25, -0.2) is 0 Å². The number of amides is 1. The van der Waals surface area contributed by atoms with E-state index in [0.29, 0.717) is 18.6 Å². The Morgan fingerprint density at radius 1 is 1.16 bits per heavy atom. The van der Waals surface area contributed by atoms with Crippen LogP contribution in [0.1, 0.15) is 58.8 Å². The summed E-state index contributed by atoms with van der Waals surface area (Å²) in [6.07, 6.45) is 1.18. The lowest BCUT2D eigenvalue weighted by Gasteiger charge is -2.49. The monoisotopic (exact) mass is 383 g/mol. The fourth-order valence-corrected chi connectivity index (χ4v) is 5.12. The number of halogens is 3. The number of carbonyl (C=O) groups excluding carboxylic acids is 2. The van der Waals surface area contributed by atoms with Crippen molar-refractivity contribution in [1.82, 2.24) is 5.32 Å². The van der Waals surface area contributed by atoms with E-state index in [1.807, 2.05) is 19.2 Å². The van der Waals surface area contributed by atoms with Crippen LogP contribution in [0.5, 0.6) is 0 Å². The zero-order chi connectivity index (χ0) is 19.1. The van der Waals surface area contributed by atoms with Crippen LogP contribution in [-0.2, 0) is 14.3 Å². The standard InChI is InChI=1S/C17H28F3NO3S/c1-15(2,10-11-21-14(23)17(18,19)20)16(8-5-4-6-9-16)25-12-7-13(22)24-3/h4-12H2,1-3H3,(H,21,23). The van der Waals surface area contributed by atoms with Crippen molar-refractivity contribution < 1.29 is 27.5 Å². The Bertz CT molecular complexity index is 461. The second-order valence-corrected chi connectivity index (χ2v) is 8.60. The van der Waals surface area contributed by atoms with E-state index in [1.165, 1.54) is 7.11 Å². The third-order valence-electron chi connectivity index (χ3n) is 5.10. The molecule has 0 aromatic heterocycles. The number of thioether (sulfide) groups is 1. The lowest BCUT2D eigenvalue weighted by atomic mass is 9.68. The predicted octanol–water partition coefficient (Wildman–Crippen LogP) is 4.08. The molecule has 0 aromatic rings. The maximum absolute atomic E-state index is 12.3. The molecule has 25 heavy (non-hydrogen) atoms. The Hall–Kier alpha value is -0.920. The largest absolute Gasteiger partial charge is 0.471 e. The van der Waals surface area contributed by atoms with Gasteiger partial charge in [0.15, 0.2) is 0 Å². The number of esters is 1. The van der Waals surface area contributed by atoms with Gasteiger partial charge in [0.05, 0.1) is 13.5 Å². The van der Waals surface area contributed by atoms with Crippen LogP contribution in [0.25, 0.3) is 0 Å². The number of carbonyl (C=O) groups is 2. The van der Waals surface area contributed by atoms with Crippen LogP contribution in [0.3, 0.4) is 0 Å². The van der Waals surface area contributed by atoms with E-state index in [2.05, 4.69) is 4.74 Å². The molecule has 146 valence electrons. The van der Waals surface area contributed by atoms with Gasteiger partial charge in [0.25, 0.3) is 0 Å². The first kappa shape index (κ1) is 22.1. The van der Waals surface area contributed by atoms with Crippen molar-refractivity contribution in [3.8, 4) is 0 Å². The predicted molar refractivity (Wildman–Crippen MR) is 92.4 cm³/mol. The van der Waals surface area contributed by atoms with Gasteiger partial charge in [-0.15, -0.1) is 0 Å². The minimum atomic E-state index is -4.85. The van der Waals surface area contributed by atoms with E-state index < -0.39 is 12.1 Å². The molecular formula is C17H28F3NO3S. The van der Waals surface area contributed by atoms with Gasteiger partial charge in [-0.05, 0) is 24.7 Å². The average Bonchev–Trinajstić information content (AvgIpc) is 2.54. The van der Waals surface area contributed by atoms with Gasteiger partial charge in [0, 0.05) is 17.0 Å². The molecule has 1 N–H and O–H groups in total. The highest BCUT2D eigenvalue weighted by Crippen LogP contribution is 2.53. The highest BCUT2D eigenvalue weighted by Gasteiger charge is 2.46. The molecule has 4 nitrogen and oxygen atoms in total. The van der Waals surface area contributed by atoms with Crippen molar-refractivity contribution in [1.29, 1.82) is 0 Å². The minimum Gasteiger partial charge on any atom is -0.469 e. The van der Waals surface area contributed by atoms with Crippen molar-refractivity contribution in [2.45, 2.75) is 69.7 Å². The SMILES string of the molecule is COC(=O)CCSC1(C(C)(C)CCNC(=O)C(F)(F)F)CCCCC1. The summed E-state index contributed by atoms with van der Waals surface area (Å²) >= 11 is 1.72. The van der Waals surface area contributed by atoms with Crippen LogP contribution in [0.2, 0.25) is 0 Å². The molecule has 0 aliphatic heterocycles. The number of rotatable bonds is 8. The third-order valence-corrected chi connectivity index (χ3v) is 7.02. The Morgan fingerprint density at radius 2 is 1.76 bits per heavy atom. The van der Waals surface area contributed by atoms with Gasteiger partial charge in [-0.3, -0.25) is 9.59 Å². The average molecular weight is 383 g/mol. The summed E-state index contributed by atoms with van der Waals surface area (Å²) < 4.78 is 41.5. The van der Waals surface area contributed by atoms with E-state index in [-0.39, 0.29) is 22.7 Å². The molecule has 0 saturated heterocycles. The van der Waals surface area contributed by atoms with Gasteiger partial charge in [0.2, 0.25) is 0 Å².